The molecule has 11 heteroatoms. The third-order valence-electron chi connectivity index (χ3n) is 5.74. The molecule has 34 heavy (non-hydrogen) atoms. The first kappa shape index (κ1) is 25.2. The number of rotatable bonds is 10. The van der Waals surface area contributed by atoms with Crippen molar-refractivity contribution in [1.82, 2.24) is 9.55 Å². The zero-order chi connectivity index (χ0) is 25.0. The first-order valence-electron chi connectivity index (χ1n) is 11.1. The summed E-state index contributed by atoms with van der Waals surface area (Å²) in [5.74, 6) is 0.692. The maximum atomic E-state index is 13.4. The van der Waals surface area contributed by atoms with E-state index in [0.29, 0.717) is 30.3 Å². The van der Waals surface area contributed by atoms with E-state index in [1.807, 2.05) is 25.3 Å². The highest BCUT2D eigenvalue weighted by Gasteiger charge is 2.40. The topological polar surface area (TPSA) is 121 Å². The molecule has 1 aromatic heterocycles. The molecule has 2 aromatic rings. The van der Waals surface area contributed by atoms with Crippen LogP contribution in [0.1, 0.15) is 38.1 Å². The van der Waals surface area contributed by atoms with Crippen molar-refractivity contribution in [2.24, 2.45) is 0 Å². The van der Waals surface area contributed by atoms with Gasteiger partial charge in [-0.25, -0.2) is 9.78 Å². The highest BCUT2D eigenvalue weighted by molar-refractivity contribution is 5.93. The number of carbonyl (C=O) groups excluding carboxylic acids is 1. The van der Waals surface area contributed by atoms with E-state index in [0.717, 1.165) is 11.5 Å². The summed E-state index contributed by atoms with van der Waals surface area (Å²) in [7, 11) is 2.92. The summed E-state index contributed by atoms with van der Waals surface area (Å²) >= 11 is 0. The molecule has 2 heterocycles. The zero-order valence-electron chi connectivity index (χ0n) is 20.3. The number of methoxy groups -OCH3 is 2. The third kappa shape index (κ3) is 4.48. The second kappa shape index (κ2) is 10.7. The fraction of sp³-hybridized carbons (Fsp3) is 0.478. The van der Waals surface area contributed by atoms with E-state index in [2.05, 4.69) is 10.2 Å². The van der Waals surface area contributed by atoms with Gasteiger partial charge in [-0.15, -0.1) is 0 Å². The van der Waals surface area contributed by atoms with Crippen LogP contribution in [0.25, 0.3) is 0 Å². The molecule has 1 aliphatic rings. The number of benzene rings is 1. The molecule has 1 aliphatic heterocycles. The van der Waals surface area contributed by atoms with Crippen LogP contribution < -0.4 is 10.2 Å². The third-order valence-corrected chi connectivity index (χ3v) is 5.74. The van der Waals surface area contributed by atoms with E-state index < -0.39 is 23.2 Å². The fourth-order valence-electron chi connectivity index (χ4n) is 4.31. The van der Waals surface area contributed by atoms with E-state index in [1.54, 1.807) is 19.1 Å². The van der Waals surface area contributed by atoms with Crippen LogP contribution >= 0.6 is 0 Å². The van der Waals surface area contributed by atoms with Gasteiger partial charge in [0.25, 0.3) is 5.69 Å². The van der Waals surface area contributed by atoms with Crippen LogP contribution in [-0.2, 0) is 19.0 Å². The number of imidazole rings is 1. The number of hydrogen-bond donors (Lipinski definition) is 1. The van der Waals surface area contributed by atoms with E-state index >= 15 is 0 Å². The van der Waals surface area contributed by atoms with Crippen molar-refractivity contribution in [3.63, 3.8) is 0 Å². The minimum Gasteiger partial charge on any atom is -0.463 e. The molecule has 1 atom stereocenters. The van der Waals surface area contributed by atoms with E-state index in [-0.39, 0.29) is 17.9 Å². The van der Waals surface area contributed by atoms with E-state index in [9.17, 15) is 14.9 Å². The van der Waals surface area contributed by atoms with Crippen molar-refractivity contribution in [2.45, 2.75) is 40.0 Å². The number of fused-ring (bicyclic) bond motifs is 1. The van der Waals surface area contributed by atoms with Gasteiger partial charge in [0.15, 0.2) is 6.29 Å². The molecule has 184 valence electrons. The summed E-state index contributed by atoms with van der Waals surface area (Å²) in [6.07, 6.45) is -0.914. The highest BCUT2D eigenvalue weighted by Crippen LogP contribution is 2.43. The van der Waals surface area contributed by atoms with Gasteiger partial charge < -0.3 is 24.4 Å². The van der Waals surface area contributed by atoms with Gasteiger partial charge in [0.2, 0.25) is 5.95 Å². The summed E-state index contributed by atoms with van der Waals surface area (Å²) in [5, 5.41) is 14.8. The summed E-state index contributed by atoms with van der Waals surface area (Å²) in [4.78, 5) is 31.3. The first-order valence-corrected chi connectivity index (χ1v) is 11.1. The largest absolute Gasteiger partial charge is 0.463 e. The quantitative estimate of drug-likeness (QED) is 0.239. The first-order chi connectivity index (χ1) is 16.3. The Morgan fingerprint density at radius 3 is 2.50 bits per heavy atom. The number of nitro groups is 1. The van der Waals surface area contributed by atoms with Crippen LogP contribution in [0.4, 0.5) is 17.5 Å². The minimum absolute atomic E-state index is 0.0846. The van der Waals surface area contributed by atoms with Crippen LogP contribution in [0.5, 0.6) is 0 Å². The van der Waals surface area contributed by atoms with Crippen molar-refractivity contribution >= 4 is 23.4 Å². The molecule has 0 bridgehead atoms. The van der Waals surface area contributed by atoms with Gasteiger partial charge in [-0.1, -0.05) is 12.1 Å². The van der Waals surface area contributed by atoms with E-state index in [4.69, 9.17) is 19.2 Å². The Morgan fingerprint density at radius 1 is 1.26 bits per heavy atom. The minimum atomic E-state index is -0.914. The number of non-ortho nitro benzene ring substituents is 1. The van der Waals surface area contributed by atoms with Gasteiger partial charge in [0.1, 0.15) is 5.82 Å². The van der Waals surface area contributed by atoms with Crippen molar-refractivity contribution in [1.29, 1.82) is 0 Å². The lowest BCUT2D eigenvalue weighted by Crippen LogP contribution is -2.37. The standard InChI is InChI=1S/C23H31N5O6/c1-7-26(8-2)20-14(4)24-23-25-18(22(32-5)33-6)17(21(29)34-9-3)19(27(20)23)15-11-10-12-16(13-15)28(30)31/h10-13,19,22H,7-9H2,1-6H3,(H,24,25). The van der Waals surface area contributed by atoms with Crippen LogP contribution in [0, 0.1) is 17.0 Å². The van der Waals surface area contributed by atoms with Crippen LogP contribution in [0.15, 0.2) is 35.5 Å². The number of nitrogens with one attached hydrogen (secondary N) is 1. The molecule has 0 amide bonds. The van der Waals surface area contributed by atoms with Crippen molar-refractivity contribution in [2.75, 3.05) is 44.1 Å². The Hall–Kier alpha value is -3.44. The molecule has 0 aliphatic carbocycles. The molecule has 1 unspecified atom stereocenters. The zero-order valence-corrected chi connectivity index (χ0v) is 20.3. The monoisotopic (exact) mass is 473 g/mol. The number of aromatic nitrogens is 2. The molecule has 3 rings (SSSR count). The Labute approximate surface area is 198 Å². The Kier molecular flexibility index (Phi) is 7.90. The number of nitrogens with zero attached hydrogens (tertiary/aromatic N) is 4. The molecule has 0 fully saturated rings. The molecule has 0 radical (unpaired) electrons. The van der Waals surface area contributed by atoms with Crippen molar-refractivity contribution in [3.05, 3.63) is 56.9 Å². The summed E-state index contributed by atoms with van der Waals surface area (Å²) in [5.41, 5.74) is 1.77. The fourth-order valence-corrected chi connectivity index (χ4v) is 4.31. The molecule has 0 saturated carbocycles. The molecular weight excluding hydrogens is 442 g/mol. The predicted molar refractivity (Wildman–Crippen MR) is 127 cm³/mol. The SMILES string of the molecule is CCOC(=O)C1=C(C(OC)OC)Nc2nc(C)c(N(CC)CC)n2C1c1cccc([N+](=O)[O-])c1. The normalized spacial score (nSPS) is 15.2. The lowest BCUT2D eigenvalue weighted by Gasteiger charge is -2.35. The Balaban J connectivity index is 2.40. The lowest BCUT2D eigenvalue weighted by molar-refractivity contribution is -0.384. The molecular formula is C23H31N5O6. The smallest absolute Gasteiger partial charge is 0.338 e. The molecule has 0 saturated heterocycles. The number of aryl methyl sites for hydroxylation is 1. The molecule has 11 nitrogen and oxygen atoms in total. The number of hydrogen-bond acceptors (Lipinski definition) is 9. The summed E-state index contributed by atoms with van der Waals surface area (Å²) in [6.45, 7) is 9.22. The summed E-state index contributed by atoms with van der Waals surface area (Å²) < 4.78 is 18.3. The second-order valence-electron chi connectivity index (χ2n) is 7.62. The van der Waals surface area contributed by atoms with Gasteiger partial charge in [-0.3, -0.25) is 14.7 Å². The summed E-state index contributed by atoms with van der Waals surface area (Å²) in [6, 6.07) is 5.46. The molecule has 0 spiro atoms. The number of ether oxygens (including phenoxy) is 3. The Bertz CT molecular complexity index is 1090. The number of carbonyl (C=O) groups is 1. The van der Waals surface area contributed by atoms with Gasteiger partial charge in [0, 0.05) is 39.4 Å². The maximum Gasteiger partial charge on any atom is 0.338 e. The van der Waals surface area contributed by atoms with Gasteiger partial charge >= 0.3 is 5.97 Å². The van der Waals surface area contributed by atoms with Crippen molar-refractivity contribution < 1.29 is 23.9 Å². The second-order valence-corrected chi connectivity index (χ2v) is 7.62. The van der Waals surface area contributed by atoms with Crippen molar-refractivity contribution in [3.8, 4) is 0 Å². The highest BCUT2D eigenvalue weighted by atomic mass is 16.7. The van der Waals surface area contributed by atoms with Crippen LogP contribution in [0.3, 0.4) is 0 Å². The van der Waals surface area contributed by atoms with Crippen LogP contribution in [-0.4, -0.2) is 60.6 Å². The average molecular weight is 474 g/mol. The molecule has 1 aromatic carbocycles. The number of anilines is 2. The van der Waals surface area contributed by atoms with E-state index in [1.165, 1.54) is 26.4 Å². The maximum absolute atomic E-state index is 13.4. The number of nitro benzene ring substituents is 1. The van der Waals surface area contributed by atoms with Gasteiger partial charge in [-0.2, -0.15) is 0 Å². The average Bonchev–Trinajstić information content (AvgIpc) is 3.15. The molecule has 1 N–H and O–H groups in total. The van der Waals surface area contributed by atoms with Gasteiger partial charge in [0.05, 0.1) is 34.5 Å². The number of esters is 1. The van der Waals surface area contributed by atoms with Gasteiger partial charge in [-0.05, 0) is 33.3 Å². The lowest BCUT2D eigenvalue weighted by atomic mass is 9.94. The predicted octanol–water partition coefficient (Wildman–Crippen LogP) is 3.40. The Morgan fingerprint density at radius 2 is 1.94 bits per heavy atom. The van der Waals surface area contributed by atoms with Crippen LogP contribution in [0.2, 0.25) is 0 Å².